The van der Waals surface area contributed by atoms with Gasteiger partial charge in [0.25, 0.3) is 5.91 Å². The van der Waals surface area contributed by atoms with Crippen LogP contribution in [-0.2, 0) is 11.3 Å². The Morgan fingerprint density at radius 3 is 2.48 bits per heavy atom. The third-order valence-corrected chi connectivity index (χ3v) is 2.74. The van der Waals surface area contributed by atoms with Gasteiger partial charge >= 0.3 is 0 Å². The van der Waals surface area contributed by atoms with E-state index in [1.807, 2.05) is 0 Å². The second kappa shape index (κ2) is 6.81. The molecular weight excluding hydrogens is 278 g/mol. The number of anilines is 1. The van der Waals surface area contributed by atoms with Crippen molar-refractivity contribution in [2.24, 2.45) is 5.73 Å². The quantitative estimate of drug-likeness (QED) is 0.889. The summed E-state index contributed by atoms with van der Waals surface area (Å²) in [4.78, 5) is 11.6. The van der Waals surface area contributed by atoms with Crippen molar-refractivity contribution in [1.82, 2.24) is 0 Å². The van der Waals surface area contributed by atoms with E-state index >= 15 is 0 Å². The molecule has 4 nitrogen and oxygen atoms in total. The summed E-state index contributed by atoms with van der Waals surface area (Å²) in [5, 5.41) is 2.53. The van der Waals surface area contributed by atoms with Crippen molar-refractivity contribution >= 4 is 11.6 Å². The van der Waals surface area contributed by atoms with Crippen molar-refractivity contribution < 1.29 is 18.3 Å². The van der Waals surface area contributed by atoms with E-state index in [0.29, 0.717) is 11.3 Å². The van der Waals surface area contributed by atoms with E-state index in [0.717, 1.165) is 0 Å². The molecule has 0 aliphatic carbocycles. The number of amides is 1. The first-order valence-corrected chi connectivity index (χ1v) is 6.25. The Morgan fingerprint density at radius 1 is 1.14 bits per heavy atom. The van der Waals surface area contributed by atoms with E-state index in [-0.39, 0.29) is 24.7 Å². The number of benzene rings is 2. The number of hydrogen-bond acceptors (Lipinski definition) is 3. The molecule has 0 aromatic heterocycles. The van der Waals surface area contributed by atoms with Crippen LogP contribution in [0.4, 0.5) is 14.5 Å². The number of carbonyl (C=O) groups excluding carboxylic acids is 1. The second-order valence-corrected chi connectivity index (χ2v) is 4.30. The van der Waals surface area contributed by atoms with Crippen LogP contribution in [-0.4, -0.2) is 12.5 Å². The van der Waals surface area contributed by atoms with E-state index in [1.165, 1.54) is 42.5 Å². The molecule has 0 aliphatic rings. The van der Waals surface area contributed by atoms with Crippen LogP contribution in [0.15, 0.2) is 42.5 Å². The third-order valence-electron chi connectivity index (χ3n) is 2.74. The van der Waals surface area contributed by atoms with Crippen LogP contribution >= 0.6 is 0 Å². The molecule has 0 bridgehead atoms. The topological polar surface area (TPSA) is 64.3 Å². The zero-order valence-electron chi connectivity index (χ0n) is 11.1. The lowest BCUT2D eigenvalue weighted by molar-refractivity contribution is -0.118. The number of ether oxygens (including phenoxy) is 1. The van der Waals surface area contributed by atoms with Crippen molar-refractivity contribution in [1.29, 1.82) is 0 Å². The maximum atomic E-state index is 13.5. The highest BCUT2D eigenvalue weighted by Gasteiger charge is 2.06. The lowest BCUT2D eigenvalue weighted by Crippen LogP contribution is -2.20. The number of nitrogens with one attached hydrogen (secondary N) is 1. The Balaban J connectivity index is 1.89. The van der Waals surface area contributed by atoms with Gasteiger partial charge in [0.15, 0.2) is 6.61 Å². The van der Waals surface area contributed by atoms with Crippen molar-refractivity contribution in [2.75, 3.05) is 11.9 Å². The van der Waals surface area contributed by atoms with E-state index in [1.54, 1.807) is 0 Å². The van der Waals surface area contributed by atoms with Gasteiger partial charge in [0.1, 0.15) is 17.4 Å². The van der Waals surface area contributed by atoms with Crippen LogP contribution in [0.2, 0.25) is 0 Å². The summed E-state index contributed by atoms with van der Waals surface area (Å²) in [6.07, 6.45) is 0. The van der Waals surface area contributed by atoms with Gasteiger partial charge in [0, 0.05) is 23.9 Å². The molecule has 6 heteroatoms. The minimum atomic E-state index is -0.478. The Labute approximate surface area is 120 Å². The van der Waals surface area contributed by atoms with Gasteiger partial charge in [-0.3, -0.25) is 4.79 Å². The number of halogens is 2. The van der Waals surface area contributed by atoms with Gasteiger partial charge in [-0.15, -0.1) is 0 Å². The molecule has 21 heavy (non-hydrogen) atoms. The fraction of sp³-hybridized carbons (Fsp3) is 0.133. The first kappa shape index (κ1) is 14.9. The Kier molecular flexibility index (Phi) is 4.84. The molecule has 110 valence electrons. The van der Waals surface area contributed by atoms with Crippen LogP contribution in [0.25, 0.3) is 0 Å². The van der Waals surface area contributed by atoms with Gasteiger partial charge in [-0.25, -0.2) is 8.78 Å². The fourth-order valence-electron chi connectivity index (χ4n) is 1.66. The molecule has 2 aromatic rings. The Bertz CT molecular complexity index is 630. The van der Waals surface area contributed by atoms with E-state index < -0.39 is 11.7 Å². The third kappa shape index (κ3) is 4.25. The standard InChI is InChI=1S/C15H14F2N2O2/c16-11-2-4-12(5-3-11)19-15(20)9-21-13-6-1-10(8-18)14(17)7-13/h1-7H,8-9,18H2,(H,19,20). The summed E-state index contributed by atoms with van der Waals surface area (Å²) >= 11 is 0. The first-order valence-electron chi connectivity index (χ1n) is 6.25. The van der Waals surface area contributed by atoms with Gasteiger partial charge in [0.2, 0.25) is 0 Å². The van der Waals surface area contributed by atoms with Gasteiger partial charge in [0.05, 0.1) is 0 Å². The predicted octanol–water partition coefficient (Wildman–Crippen LogP) is 2.44. The van der Waals surface area contributed by atoms with Gasteiger partial charge in [-0.1, -0.05) is 6.07 Å². The van der Waals surface area contributed by atoms with Crippen LogP contribution in [0.3, 0.4) is 0 Å². The molecular formula is C15H14F2N2O2. The smallest absolute Gasteiger partial charge is 0.262 e. The Hall–Kier alpha value is -2.47. The van der Waals surface area contributed by atoms with Crippen LogP contribution in [0.5, 0.6) is 5.75 Å². The van der Waals surface area contributed by atoms with Crippen molar-refractivity contribution in [3.05, 3.63) is 59.7 Å². The minimum Gasteiger partial charge on any atom is -0.484 e. The number of hydrogen-bond donors (Lipinski definition) is 2. The van der Waals surface area contributed by atoms with Crippen molar-refractivity contribution in [2.45, 2.75) is 6.54 Å². The molecule has 0 unspecified atom stereocenters. The van der Waals surface area contributed by atoms with Gasteiger partial charge in [-0.2, -0.15) is 0 Å². The largest absolute Gasteiger partial charge is 0.484 e. The van der Waals surface area contributed by atoms with Crippen LogP contribution in [0.1, 0.15) is 5.56 Å². The highest BCUT2D eigenvalue weighted by molar-refractivity contribution is 5.91. The average Bonchev–Trinajstić information content (AvgIpc) is 2.48. The minimum absolute atomic E-state index is 0.0944. The summed E-state index contributed by atoms with van der Waals surface area (Å²) in [6, 6.07) is 9.55. The molecule has 3 N–H and O–H groups in total. The predicted molar refractivity (Wildman–Crippen MR) is 74.8 cm³/mol. The summed E-state index contributed by atoms with van der Waals surface area (Å²) in [7, 11) is 0. The highest BCUT2D eigenvalue weighted by Crippen LogP contribution is 2.16. The van der Waals surface area contributed by atoms with Gasteiger partial charge < -0.3 is 15.8 Å². The molecule has 2 aromatic carbocycles. The van der Waals surface area contributed by atoms with Crippen LogP contribution in [0, 0.1) is 11.6 Å². The molecule has 0 aliphatic heterocycles. The Morgan fingerprint density at radius 2 is 1.86 bits per heavy atom. The van der Waals surface area contributed by atoms with Crippen LogP contribution < -0.4 is 15.8 Å². The zero-order valence-corrected chi connectivity index (χ0v) is 11.1. The number of rotatable bonds is 5. The fourth-order valence-corrected chi connectivity index (χ4v) is 1.66. The zero-order chi connectivity index (χ0) is 15.2. The van der Waals surface area contributed by atoms with E-state index in [4.69, 9.17) is 10.5 Å². The molecule has 0 spiro atoms. The SMILES string of the molecule is NCc1ccc(OCC(=O)Nc2ccc(F)cc2)cc1F. The lowest BCUT2D eigenvalue weighted by atomic mass is 10.2. The van der Waals surface area contributed by atoms with E-state index in [2.05, 4.69) is 5.32 Å². The molecule has 0 saturated carbocycles. The average molecular weight is 292 g/mol. The summed E-state index contributed by atoms with van der Waals surface area (Å²) in [5.41, 5.74) is 6.17. The first-order chi connectivity index (χ1) is 10.1. The summed E-state index contributed by atoms with van der Waals surface area (Å²) < 4.78 is 31.4. The van der Waals surface area contributed by atoms with E-state index in [9.17, 15) is 13.6 Å². The van der Waals surface area contributed by atoms with Gasteiger partial charge in [-0.05, 0) is 30.3 Å². The molecule has 1 amide bonds. The lowest BCUT2D eigenvalue weighted by Gasteiger charge is -2.08. The molecule has 0 atom stereocenters. The highest BCUT2D eigenvalue weighted by atomic mass is 19.1. The van der Waals surface area contributed by atoms with Crippen molar-refractivity contribution in [3.63, 3.8) is 0 Å². The molecule has 2 rings (SSSR count). The molecule has 0 heterocycles. The summed E-state index contributed by atoms with van der Waals surface area (Å²) in [5.74, 6) is -1.06. The molecule has 0 radical (unpaired) electrons. The second-order valence-electron chi connectivity index (χ2n) is 4.30. The maximum absolute atomic E-state index is 13.5. The summed E-state index contributed by atoms with van der Waals surface area (Å²) in [6.45, 7) is -0.185. The monoisotopic (exact) mass is 292 g/mol. The number of carbonyl (C=O) groups is 1. The number of nitrogens with two attached hydrogens (primary N) is 1. The normalized spacial score (nSPS) is 10.2. The maximum Gasteiger partial charge on any atom is 0.262 e. The van der Waals surface area contributed by atoms with Crippen molar-refractivity contribution in [3.8, 4) is 5.75 Å². The molecule has 0 fully saturated rings. The molecule has 0 saturated heterocycles.